The van der Waals surface area contributed by atoms with E-state index in [1.54, 1.807) is 6.92 Å². The Morgan fingerprint density at radius 3 is 2.72 bits per heavy atom. The number of hydrogen-bond acceptors (Lipinski definition) is 4. The standard InChI is InChI=1S/C20H23NO3S/c1-14(19(22)21-12-11-15-7-3-2-4-8-15)24-20(23)18-13-16-9-5-6-10-17(16)25-18/h2-4,7-8,13-14H,5-6,9-12H2,1H3,(H,21,22)/t14-/m1/s1. The summed E-state index contributed by atoms with van der Waals surface area (Å²) in [6.45, 7) is 2.14. The van der Waals surface area contributed by atoms with Gasteiger partial charge in [-0.2, -0.15) is 0 Å². The summed E-state index contributed by atoms with van der Waals surface area (Å²) in [5, 5.41) is 2.82. The van der Waals surface area contributed by atoms with Crippen molar-refractivity contribution >= 4 is 23.2 Å². The average Bonchev–Trinajstić information content (AvgIpc) is 3.07. The minimum absolute atomic E-state index is 0.259. The van der Waals surface area contributed by atoms with E-state index in [0.717, 1.165) is 24.8 Å². The molecule has 0 aliphatic heterocycles. The minimum atomic E-state index is -0.789. The van der Waals surface area contributed by atoms with Crippen LogP contribution in [-0.4, -0.2) is 24.5 Å². The zero-order valence-corrected chi connectivity index (χ0v) is 15.2. The molecule has 25 heavy (non-hydrogen) atoms. The number of carbonyl (C=O) groups is 2. The van der Waals surface area contributed by atoms with Gasteiger partial charge in [-0.25, -0.2) is 4.79 Å². The molecule has 0 saturated carbocycles. The van der Waals surface area contributed by atoms with Crippen LogP contribution in [0.1, 0.15) is 45.4 Å². The third kappa shape index (κ3) is 4.69. The second-order valence-electron chi connectivity index (χ2n) is 6.34. The highest BCUT2D eigenvalue weighted by atomic mass is 32.1. The molecule has 1 aliphatic rings. The third-order valence-electron chi connectivity index (χ3n) is 4.41. The number of carbonyl (C=O) groups excluding carboxylic acids is 2. The summed E-state index contributed by atoms with van der Waals surface area (Å²) < 4.78 is 5.34. The van der Waals surface area contributed by atoms with E-state index in [9.17, 15) is 9.59 Å². The first-order valence-electron chi connectivity index (χ1n) is 8.77. The fourth-order valence-electron chi connectivity index (χ4n) is 2.98. The Morgan fingerprint density at radius 1 is 1.20 bits per heavy atom. The summed E-state index contributed by atoms with van der Waals surface area (Å²) in [6, 6.07) is 11.9. The quantitative estimate of drug-likeness (QED) is 0.805. The van der Waals surface area contributed by atoms with Crippen molar-refractivity contribution < 1.29 is 14.3 Å². The van der Waals surface area contributed by atoms with Gasteiger partial charge in [-0.05, 0) is 56.2 Å². The number of esters is 1. The number of benzene rings is 1. The first-order chi connectivity index (χ1) is 12.1. The van der Waals surface area contributed by atoms with E-state index in [2.05, 4.69) is 5.32 Å². The van der Waals surface area contributed by atoms with Crippen LogP contribution in [0.5, 0.6) is 0 Å². The number of thiophene rings is 1. The largest absolute Gasteiger partial charge is 0.448 e. The highest BCUT2D eigenvalue weighted by Gasteiger charge is 2.22. The lowest BCUT2D eigenvalue weighted by molar-refractivity contribution is -0.129. The lowest BCUT2D eigenvalue weighted by Crippen LogP contribution is -2.36. The average molecular weight is 357 g/mol. The van der Waals surface area contributed by atoms with Crippen molar-refractivity contribution in [2.45, 2.75) is 45.1 Å². The van der Waals surface area contributed by atoms with Gasteiger partial charge < -0.3 is 10.1 Å². The predicted octanol–water partition coefficient (Wildman–Crippen LogP) is 3.53. The topological polar surface area (TPSA) is 55.4 Å². The van der Waals surface area contributed by atoms with Crippen molar-refractivity contribution in [1.82, 2.24) is 5.32 Å². The predicted molar refractivity (Wildman–Crippen MR) is 99.0 cm³/mol. The molecule has 0 saturated heterocycles. The van der Waals surface area contributed by atoms with E-state index in [1.165, 1.54) is 34.6 Å². The van der Waals surface area contributed by atoms with Gasteiger partial charge in [0.05, 0.1) is 0 Å². The maximum Gasteiger partial charge on any atom is 0.349 e. The number of fused-ring (bicyclic) bond motifs is 1. The number of nitrogens with one attached hydrogen (secondary N) is 1. The summed E-state index contributed by atoms with van der Waals surface area (Å²) in [6.07, 6.45) is 4.41. The van der Waals surface area contributed by atoms with Gasteiger partial charge in [0.15, 0.2) is 6.10 Å². The van der Waals surface area contributed by atoms with Gasteiger partial charge in [-0.15, -0.1) is 11.3 Å². The van der Waals surface area contributed by atoms with Crippen molar-refractivity contribution in [2.75, 3.05) is 6.54 Å². The molecule has 1 aliphatic carbocycles. The van der Waals surface area contributed by atoms with Crippen molar-refractivity contribution in [3.63, 3.8) is 0 Å². The van der Waals surface area contributed by atoms with Gasteiger partial charge in [-0.1, -0.05) is 30.3 Å². The van der Waals surface area contributed by atoms with Crippen LogP contribution in [0.2, 0.25) is 0 Å². The second kappa shape index (κ2) is 8.30. The number of hydrogen-bond donors (Lipinski definition) is 1. The molecule has 0 unspecified atom stereocenters. The summed E-state index contributed by atoms with van der Waals surface area (Å²) in [7, 11) is 0. The normalized spacial score (nSPS) is 14.4. The molecule has 1 aromatic carbocycles. The van der Waals surface area contributed by atoms with Crippen LogP contribution in [0.25, 0.3) is 0 Å². The van der Waals surface area contributed by atoms with Gasteiger partial charge in [0.25, 0.3) is 5.91 Å². The Morgan fingerprint density at radius 2 is 1.96 bits per heavy atom. The SMILES string of the molecule is C[C@@H](OC(=O)c1cc2c(s1)CCCC2)C(=O)NCCc1ccccc1. The molecular weight excluding hydrogens is 334 g/mol. The van der Waals surface area contributed by atoms with E-state index in [1.807, 2.05) is 36.4 Å². The lowest BCUT2D eigenvalue weighted by atomic mass is 9.99. The lowest BCUT2D eigenvalue weighted by Gasteiger charge is -2.13. The zero-order chi connectivity index (χ0) is 17.6. The summed E-state index contributed by atoms with van der Waals surface area (Å²) in [5.41, 5.74) is 2.43. The monoisotopic (exact) mass is 357 g/mol. The summed E-state index contributed by atoms with van der Waals surface area (Å²) in [4.78, 5) is 26.3. The van der Waals surface area contributed by atoms with E-state index in [-0.39, 0.29) is 5.91 Å². The van der Waals surface area contributed by atoms with Crippen LogP contribution in [-0.2, 0) is 28.8 Å². The second-order valence-corrected chi connectivity index (χ2v) is 7.48. The van der Waals surface area contributed by atoms with Crippen LogP contribution < -0.4 is 5.32 Å². The Kier molecular flexibility index (Phi) is 5.87. The number of aryl methyl sites for hydroxylation is 2. The summed E-state index contributed by atoms with van der Waals surface area (Å²) >= 11 is 1.51. The maximum absolute atomic E-state index is 12.3. The molecule has 1 atom stereocenters. The van der Waals surface area contributed by atoms with Crippen molar-refractivity contribution in [3.05, 3.63) is 57.3 Å². The Hall–Kier alpha value is -2.14. The smallest absolute Gasteiger partial charge is 0.349 e. The van der Waals surface area contributed by atoms with Crippen LogP contribution in [0, 0.1) is 0 Å². The van der Waals surface area contributed by atoms with Crippen LogP contribution in [0.4, 0.5) is 0 Å². The molecule has 0 radical (unpaired) electrons. The highest BCUT2D eigenvalue weighted by molar-refractivity contribution is 7.14. The zero-order valence-electron chi connectivity index (χ0n) is 14.4. The Balaban J connectivity index is 1.47. The van der Waals surface area contributed by atoms with Crippen LogP contribution in [0.3, 0.4) is 0 Å². The first kappa shape index (κ1) is 17.7. The van der Waals surface area contributed by atoms with Gasteiger partial charge >= 0.3 is 5.97 Å². The fraction of sp³-hybridized carbons (Fsp3) is 0.400. The molecule has 3 rings (SSSR count). The highest BCUT2D eigenvalue weighted by Crippen LogP contribution is 2.30. The van der Waals surface area contributed by atoms with Crippen molar-refractivity contribution in [3.8, 4) is 0 Å². The first-order valence-corrected chi connectivity index (χ1v) is 9.59. The van der Waals surface area contributed by atoms with E-state index >= 15 is 0 Å². The number of amides is 1. The number of ether oxygens (including phenoxy) is 1. The fourth-order valence-corrected chi connectivity index (χ4v) is 4.12. The molecule has 132 valence electrons. The molecule has 2 aromatic rings. The van der Waals surface area contributed by atoms with Gasteiger partial charge in [0.2, 0.25) is 0 Å². The minimum Gasteiger partial charge on any atom is -0.448 e. The molecule has 0 bridgehead atoms. The molecule has 1 amide bonds. The molecule has 1 aromatic heterocycles. The maximum atomic E-state index is 12.3. The Labute approximate surface area is 152 Å². The van der Waals surface area contributed by atoms with E-state index in [4.69, 9.17) is 4.74 Å². The summed E-state index contributed by atoms with van der Waals surface area (Å²) in [5.74, 6) is -0.657. The van der Waals surface area contributed by atoms with Crippen LogP contribution >= 0.6 is 11.3 Å². The number of rotatable bonds is 6. The molecule has 1 heterocycles. The van der Waals surface area contributed by atoms with Crippen molar-refractivity contribution in [2.24, 2.45) is 0 Å². The van der Waals surface area contributed by atoms with Gasteiger partial charge in [0, 0.05) is 11.4 Å². The molecule has 0 spiro atoms. The van der Waals surface area contributed by atoms with E-state index < -0.39 is 12.1 Å². The van der Waals surface area contributed by atoms with Crippen LogP contribution in [0.15, 0.2) is 36.4 Å². The molecule has 4 nitrogen and oxygen atoms in total. The molecule has 0 fully saturated rings. The van der Waals surface area contributed by atoms with Gasteiger partial charge in [-0.3, -0.25) is 4.79 Å². The molecule has 1 N–H and O–H groups in total. The van der Waals surface area contributed by atoms with Gasteiger partial charge in [0.1, 0.15) is 4.88 Å². The van der Waals surface area contributed by atoms with Crippen molar-refractivity contribution in [1.29, 1.82) is 0 Å². The molecular formula is C20H23NO3S. The van der Waals surface area contributed by atoms with E-state index in [0.29, 0.717) is 11.4 Å². The Bertz CT molecular complexity index is 715. The third-order valence-corrected chi connectivity index (χ3v) is 5.62. The molecule has 5 heteroatoms.